The predicted molar refractivity (Wildman–Crippen MR) is 103 cm³/mol. The molecule has 0 fully saturated rings. The third kappa shape index (κ3) is 6.63. The van der Waals surface area contributed by atoms with Gasteiger partial charge >= 0.3 is 0 Å². The highest BCUT2D eigenvalue weighted by Crippen LogP contribution is 2.56. The van der Waals surface area contributed by atoms with Crippen LogP contribution in [0.1, 0.15) is 107 Å². The summed E-state index contributed by atoms with van der Waals surface area (Å²) in [4.78, 5) is 0. The second-order valence-electron chi connectivity index (χ2n) is 9.97. The zero-order valence-corrected chi connectivity index (χ0v) is 17.3. The van der Waals surface area contributed by atoms with Crippen LogP contribution in [-0.2, 0) is 0 Å². The molecule has 0 heteroatoms. The highest BCUT2D eigenvalue weighted by molar-refractivity contribution is 4.97. The van der Waals surface area contributed by atoms with Crippen LogP contribution in [0.2, 0.25) is 0 Å². The normalized spacial score (nSPS) is 16.4. The minimum absolute atomic E-state index is 0.317. The van der Waals surface area contributed by atoms with Gasteiger partial charge in [-0.15, -0.1) is 0 Å². The second-order valence-corrected chi connectivity index (χ2v) is 9.97. The molecular weight excluding hydrogens is 264 g/mol. The lowest BCUT2D eigenvalue weighted by molar-refractivity contribution is -0.0151. The fraction of sp³-hybridized carbons (Fsp3) is 0.955. The predicted octanol–water partition coefficient (Wildman–Crippen LogP) is 7.92. The lowest BCUT2D eigenvalue weighted by Crippen LogP contribution is -2.42. The van der Waals surface area contributed by atoms with Crippen LogP contribution in [-0.4, -0.2) is 0 Å². The maximum atomic E-state index is 4.34. The Labute approximate surface area is 142 Å². The van der Waals surface area contributed by atoms with E-state index in [1.165, 1.54) is 38.5 Å². The molecule has 0 aromatic carbocycles. The third-order valence-electron chi connectivity index (χ3n) is 5.96. The van der Waals surface area contributed by atoms with Crippen LogP contribution in [0.3, 0.4) is 0 Å². The molecule has 0 rings (SSSR count). The smallest absolute Gasteiger partial charge is 0.0239 e. The minimum Gasteiger partial charge on any atom is -0.0651 e. The monoisotopic (exact) mass is 309 g/mol. The van der Waals surface area contributed by atoms with E-state index in [0.29, 0.717) is 16.2 Å². The molecule has 0 aliphatic heterocycles. The molecule has 0 bridgehead atoms. The fourth-order valence-electron chi connectivity index (χ4n) is 4.09. The summed E-state index contributed by atoms with van der Waals surface area (Å²) in [6.07, 6.45) is 9.09. The van der Waals surface area contributed by atoms with Crippen LogP contribution in [0.15, 0.2) is 0 Å². The Balaban J connectivity index is 5.68. The summed E-state index contributed by atoms with van der Waals surface area (Å²) in [6, 6.07) is 0. The Morgan fingerprint density at radius 1 is 0.909 bits per heavy atom. The van der Waals surface area contributed by atoms with Crippen molar-refractivity contribution in [3.05, 3.63) is 6.92 Å². The van der Waals surface area contributed by atoms with Crippen LogP contribution in [0.5, 0.6) is 0 Å². The van der Waals surface area contributed by atoms with E-state index in [-0.39, 0.29) is 0 Å². The largest absolute Gasteiger partial charge is 0.0651 e. The molecule has 1 radical (unpaired) electrons. The van der Waals surface area contributed by atoms with Gasteiger partial charge in [0.2, 0.25) is 0 Å². The molecule has 0 nitrogen and oxygen atoms in total. The number of hydrogen-bond acceptors (Lipinski definition) is 0. The van der Waals surface area contributed by atoms with E-state index >= 15 is 0 Å². The molecule has 0 amide bonds. The summed E-state index contributed by atoms with van der Waals surface area (Å²) in [5.74, 6) is 1.65. The molecule has 0 spiro atoms. The maximum Gasteiger partial charge on any atom is -0.0239 e. The Hall–Kier alpha value is 0. The van der Waals surface area contributed by atoms with Crippen LogP contribution in [0, 0.1) is 35.0 Å². The summed E-state index contributed by atoms with van der Waals surface area (Å²) in [5.41, 5.74) is 1.13. The SMILES string of the molecule is [CH2]CC(C)(C)C(CCC(C)C)(CC(CC)CC)CC(C)(C)C. The van der Waals surface area contributed by atoms with Gasteiger partial charge in [0.1, 0.15) is 0 Å². The molecule has 0 heterocycles. The van der Waals surface area contributed by atoms with E-state index in [1.54, 1.807) is 0 Å². The molecule has 1 unspecified atom stereocenters. The molecule has 0 saturated carbocycles. The van der Waals surface area contributed by atoms with E-state index in [2.05, 4.69) is 69.2 Å². The molecule has 0 aromatic heterocycles. The summed E-state index contributed by atoms with van der Waals surface area (Å²) in [6.45, 7) is 26.0. The molecule has 0 N–H and O–H groups in total. The molecule has 0 aliphatic carbocycles. The van der Waals surface area contributed by atoms with Gasteiger partial charge in [0.25, 0.3) is 0 Å². The van der Waals surface area contributed by atoms with Crippen molar-refractivity contribution in [2.45, 2.75) is 107 Å². The Kier molecular flexibility index (Phi) is 8.74. The first kappa shape index (κ1) is 22.0. The lowest BCUT2D eigenvalue weighted by atomic mass is 9.53. The van der Waals surface area contributed by atoms with Crippen molar-refractivity contribution < 1.29 is 0 Å². The lowest BCUT2D eigenvalue weighted by Gasteiger charge is -2.52. The standard InChI is InChI=1S/C22H45/c1-11-19(12-2)16-22(15-14-18(4)5,17-20(6,7)8)21(9,10)13-3/h18-19H,3,11-17H2,1-2,4-10H3. The first-order chi connectivity index (χ1) is 9.93. The van der Waals surface area contributed by atoms with Gasteiger partial charge in [-0.2, -0.15) is 0 Å². The van der Waals surface area contributed by atoms with Crippen molar-refractivity contribution in [3.8, 4) is 0 Å². The van der Waals surface area contributed by atoms with Crippen molar-refractivity contribution in [1.82, 2.24) is 0 Å². The number of hydrogen-bond donors (Lipinski definition) is 0. The topological polar surface area (TPSA) is 0 Å². The van der Waals surface area contributed by atoms with E-state index in [1.807, 2.05) is 0 Å². The van der Waals surface area contributed by atoms with Gasteiger partial charge in [-0.3, -0.25) is 0 Å². The van der Waals surface area contributed by atoms with Crippen molar-refractivity contribution in [2.75, 3.05) is 0 Å². The van der Waals surface area contributed by atoms with Crippen molar-refractivity contribution in [1.29, 1.82) is 0 Å². The molecule has 1 atom stereocenters. The maximum absolute atomic E-state index is 4.34. The van der Waals surface area contributed by atoms with E-state index in [0.717, 1.165) is 18.3 Å². The quantitative estimate of drug-likeness (QED) is 0.384. The van der Waals surface area contributed by atoms with Gasteiger partial charge in [0.05, 0.1) is 0 Å². The second kappa shape index (κ2) is 8.74. The summed E-state index contributed by atoms with van der Waals surface area (Å²) in [5, 5.41) is 0. The first-order valence-electron chi connectivity index (χ1n) is 9.72. The summed E-state index contributed by atoms with van der Waals surface area (Å²) < 4.78 is 0. The minimum atomic E-state index is 0.317. The summed E-state index contributed by atoms with van der Waals surface area (Å²) in [7, 11) is 0. The average Bonchev–Trinajstić information content (AvgIpc) is 2.40. The Morgan fingerprint density at radius 2 is 1.41 bits per heavy atom. The van der Waals surface area contributed by atoms with E-state index in [4.69, 9.17) is 0 Å². The van der Waals surface area contributed by atoms with Gasteiger partial charge in [-0.25, -0.2) is 0 Å². The van der Waals surface area contributed by atoms with Crippen molar-refractivity contribution in [2.24, 2.45) is 28.1 Å². The highest BCUT2D eigenvalue weighted by atomic mass is 14.5. The molecule has 0 aliphatic rings. The molecule has 0 saturated heterocycles. The van der Waals surface area contributed by atoms with Crippen LogP contribution >= 0.6 is 0 Å². The van der Waals surface area contributed by atoms with Crippen LogP contribution < -0.4 is 0 Å². The third-order valence-corrected chi connectivity index (χ3v) is 5.96. The summed E-state index contributed by atoms with van der Waals surface area (Å²) >= 11 is 0. The zero-order valence-electron chi connectivity index (χ0n) is 17.3. The van der Waals surface area contributed by atoms with Gasteiger partial charge in [-0.05, 0) is 53.8 Å². The van der Waals surface area contributed by atoms with Gasteiger partial charge in [0.15, 0.2) is 0 Å². The average molecular weight is 310 g/mol. The van der Waals surface area contributed by atoms with E-state index in [9.17, 15) is 0 Å². The molecule has 0 aromatic rings. The Bertz CT molecular complexity index is 288. The van der Waals surface area contributed by atoms with Crippen LogP contribution in [0.25, 0.3) is 0 Å². The number of rotatable bonds is 10. The fourth-order valence-corrected chi connectivity index (χ4v) is 4.09. The van der Waals surface area contributed by atoms with Gasteiger partial charge < -0.3 is 0 Å². The first-order valence-corrected chi connectivity index (χ1v) is 9.72. The molecular formula is C22H45. The highest BCUT2D eigenvalue weighted by Gasteiger charge is 2.46. The Morgan fingerprint density at radius 3 is 1.73 bits per heavy atom. The van der Waals surface area contributed by atoms with E-state index < -0.39 is 0 Å². The van der Waals surface area contributed by atoms with Gasteiger partial charge in [0, 0.05) is 0 Å². The molecule has 22 heavy (non-hydrogen) atoms. The molecule has 133 valence electrons. The van der Waals surface area contributed by atoms with Crippen LogP contribution in [0.4, 0.5) is 0 Å². The van der Waals surface area contributed by atoms with Crippen molar-refractivity contribution >= 4 is 0 Å². The zero-order chi connectivity index (χ0) is 17.6. The van der Waals surface area contributed by atoms with Crippen molar-refractivity contribution in [3.63, 3.8) is 0 Å². The van der Waals surface area contributed by atoms with Gasteiger partial charge in [-0.1, -0.05) is 88.5 Å².